The van der Waals surface area contributed by atoms with E-state index in [0.29, 0.717) is 0 Å². The van der Waals surface area contributed by atoms with Crippen LogP contribution in [0.15, 0.2) is 229 Å². The lowest BCUT2D eigenvalue weighted by atomic mass is 10.1. The van der Waals surface area contributed by atoms with E-state index >= 15 is 0 Å². The summed E-state index contributed by atoms with van der Waals surface area (Å²) in [5.41, 5.74) is 43.2. The maximum atomic E-state index is 4.63. The summed E-state index contributed by atoms with van der Waals surface area (Å²) in [5.74, 6) is 0. The van der Waals surface area contributed by atoms with E-state index in [-0.39, 0.29) is 0 Å². The second-order valence-electron chi connectivity index (χ2n) is 27.3. The van der Waals surface area contributed by atoms with E-state index < -0.39 is 0 Å². The topological polar surface area (TPSA) is 91.2 Å². The van der Waals surface area contributed by atoms with Crippen LogP contribution in [0.5, 0.6) is 0 Å². The van der Waals surface area contributed by atoms with E-state index in [9.17, 15) is 0 Å². The molecule has 0 unspecified atom stereocenters. The summed E-state index contributed by atoms with van der Waals surface area (Å²) in [5, 5.41) is 0. The molecule has 16 aromatic rings. The predicted molar refractivity (Wildman–Crippen MR) is 404 cm³/mol. The van der Waals surface area contributed by atoms with Crippen molar-refractivity contribution in [2.24, 2.45) is 0 Å². The molecule has 0 radical (unpaired) electrons. The van der Waals surface area contributed by atoms with Gasteiger partial charge < -0.3 is 30.8 Å². The first-order valence-electron chi connectivity index (χ1n) is 34.2. The zero-order valence-corrected chi connectivity index (χ0v) is 58.9. The number of fused-ring (bicyclic) bond motifs is 21. The third-order valence-electron chi connectivity index (χ3n) is 21.3. The highest BCUT2D eigenvalue weighted by Gasteiger charge is 2.25. The fourth-order valence-electron chi connectivity index (χ4n) is 14.8. The Balaban J connectivity index is 0.0000000933. The lowest BCUT2D eigenvalue weighted by Crippen LogP contribution is -1.90. The van der Waals surface area contributed by atoms with Crippen molar-refractivity contribution in [3.8, 4) is 0 Å². The van der Waals surface area contributed by atoms with E-state index in [2.05, 4.69) is 334 Å². The number of allylic oxidation sites excluding steroid dienone is 10. The Hall–Kier alpha value is -11.2. The summed E-state index contributed by atoms with van der Waals surface area (Å²) >= 11 is 0. The number of aromatic nitrogens is 13. The minimum absolute atomic E-state index is 1.02. The number of imidazole rings is 6. The molecule has 98 heavy (non-hydrogen) atoms. The Morgan fingerprint density at radius 2 is 0.673 bits per heavy atom. The van der Waals surface area contributed by atoms with E-state index in [0.717, 1.165) is 54.7 Å². The van der Waals surface area contributed by atoms with Crippen molar-refractivity contribution < 1.29 is 0 Å². The smallest absolute Gasteiger partial charge is 0.137 e. The van der Waals surface area contributed by atoms with Gasteiger partial charge in [-0.3, -0.25) is 8.80 Å². The summed E-state index contributed by atoms with van der Waals surface area (Å²) in [6, 6.07) is 47.9. The van der Waals surface area contributed by atoms with Crippen molar-refractivity contribution in [3.63, 3.8) is 0 Å². The zero-order valence-electron chi connectivity index (χ0n) is 58.9. The maximum Gasteiger partial charge on any atom is 0.137 e. The molecule has 0 amide bonds. The van der Waals surface area contributed by atoms with Crippen LogP contribution >= 0.6 is 0 Å². The number of pyridine rings is 7. The lowest BCUT2D eigenvalue weighted by Gasteiger charge is -1.99. The van der Waals surface area contributed by atoms with Crippen LogP contribution in [0.25, 0.3) is 78.3 Å². The van der Waals surface area contributed by atoms with Gasteiger partial charge in [-0.15, -0.1) is 0 Å². The van der Waals surface area contributed by atoms with Crippen LogP contribution in [0, 0.1) is 27.7 Å². The number of hydrogen-bond donors (Lipinski definition) is 0. The van der Waals surface area contributed by atoms with Gasteiger partial charge in [0.25, 0.3) is 0 Å². The van der Waals surface area contributed by atoms with Crippen molar-refractivity contribution in [1.82, 2.24) is 59.5 Å². The monoisotopic (exact) mass is 1290 g/mol. The standard InChI is InChI=1S/C13H13N.6C12H12N2/c1-9-7-11-12(10(9)2)8-14-6-4-3-5-13(11)14;2*1-9-7-12-13-6-4-3-5-11(13)8-14(12)10(9)2;2*1-8-7-10-12(9(8)2)13-11-5-3-4-6-14(10)11;2*1-8-7-10-12(9(8)2)14-6-4-3-5-11(14)13-10/h3-6,8H,7H2,1-2H3;2*3-8H,1-2H3;4*3-6H,7H2,1-2H3. The second-order valence-corrected chi connectivity index (χ2v) is 27.3. The molecule has 5 aliphatic carbocycles. The minimum atomic E-state index is 1.02. The van der Waals surface area contributed by atoms with Gasteiger partial charge in [0.05, 0.1) is 56.6 Å². The molecule has 0 N–H and O–H groups in total. The molecule has 0 spiro atoms. The number of aryl methyl sites for hydroxylation is 4. The van der Waals surface area contributed by atoms with Crippen molar-refractivity contribution >= 4 is 78.3 Å². The van der Waals surface area contributed by atoms with Gasteiger partial charge in [-0.05, 0) is 251 Å². The maximum absolute atomic E-state index is 4.63. The largest absolute Gasteiger partial charge is 0.323 e. The Kier molecular flexibility index (Phi) is 16.1. The highest BCUT2D eigenvalue weighted by Crippen LogP contribution is 2.38. The average molecular weight is 1290 g/mol. The third kappa shape index (κ3) is 10.9. The van der Waals surface area contributed by atoms with Gasteiger partial charge in [0.1, 0.15) is 33.9 Å². The first kappa shape index (κ1) is 62.9. The van der Waals surface area contributed by atoms with Gasteiger partial charge in [0, 0.05) is 105 Å². The Labute approximate surface area is 572 Å². The van der Waals surface area contributed by atoms with Gasteiger partial charge >= 0.3 is 0 Å². The van der Waals surface area contributed by atoms with Crippen LogP contribution in [-0.2, 0) is 32.1 Å². The number of nitrogens with zero attached hydrogens (tertiary/aromatic N) is 13. The summed E-state index contributed by atoms with van der Waals surface area (Å²) in [6.07, 6.45) is 26.5. The van der Waals surface area contributed by atoms with Gasteiger partial charge in [0.2, 0.25) is 0 Å². The molecule has 21 rings (SSSR count). The first-order valence-corrected chi connectivity index (χ1v) is 34.2. The molecular weight excluding hydrogens is 1200 g/mol. The van der Waals surface area contributed by atoms with Gasteiger partial charge in [-0.25, -0.2) is 19.9 Å². The highest BCUT2D eigenvalue weighted by atomic mass is 15.1. The molecule has 0 aliphatic heterocycles. The fourth-order valence-corrected chi connectivity index (χ4v) is 14.8. The molecule has 16 aromatic heterocycles. The highest BCUT2D eigenvalue weighted by molar-refractivity contribution is 5.82. The van der Waals surface area contributed by atoms with E-state index in [1.165, 1.54) is 163 Å². The normalized spacial score (nSPS) is 14.2. The molecule has 5 aliphatic rings. The number of rotatable bonds is 0. The van der Waals surface area contributed by atoms with E-state index in [1.54, 1.807) is 0 Å². The molecule has 16 heterocycles. The molecular formula is C85H85N13. The second kappa shape index (κ2) is 25.1. The zero-order chi connectivity index (χ0) is 67.9. The molecule has 0 atom stereocenters. The summed E-state index contributed by atoms with van der Waals surface area (Å²) < 4.78 is 19.9. The summed E-state index contributed by atoms with van der Waals surface area (Å²) in [6.45, 7) is 30.5. The molecule has 0 bridgehead atoms. The SMILES string of the molecule is CC1=C(C)c2c(nc3ccccn23)C1.CC1=C(C)c2c(nc3ccccn23)C1.CC1=C(C)c2cn3ccccc3c2C1.CC1=C(C)c2nc3ccccn3c2C1.CC1=C(C)c2nc3ccccn3c2C1.Cc1cc2n(cc3ccccn32)c1C.Cc1cc2n(cc3ccccn32)c1C. The molecule has 0 saturated heterocycles. The molecule has 0 aromatic carbocycles. The van der Waals surface area contributed by atoms with Crippen molar-refractivity contribution in [1.29, 1.82) is 0 Å². The molecule has 0 fully saturated rings. The van der Waals surface area contributed by atoms with Crippen LogP contribution in [0.4, 0.5) is 0 Å². The van der Waals surface area contributed by atoms with Crippen LogP contribution in [-0.4, -0.2) is 59.5 Å². The van der Waals surface area contributed by atoms with Crippen molar-refractivity contribution in [2.45, 2.75) is 129 Å². The lowest BCUT2D eigenvalue weighted by molar-refractivity contribution is 1.03. The molecule has 13 heteroatoms. The van der Waals surface area contributed by atoms with E-state index in [1.807, 2.05) is 24.3 Å². The van der Waals surface area contributed by atoms with Crippen LogP contribution in [0.3, 0.4) is 0 Å². The Morgan fingerprint density at radius 1 is 0.306 bits per heavy atom. The molecule has 0 saturated carbocycles. The van der Waals surface area contributed by atoms with E-state index in [4.69, 9.17) is 0 Å². The van der Waals surface area contributed by atoms with Gasteiger partial charge in [-0.2, -0.15) is 0 Å². The van der Waals surface area contributed by atoms with Crippen molar-refractivity contribution in [2.75, 3.05) is 0 Å². The quantitative estimate of drug-likeness (QED) is 0.151. The summed E-state index contributed by atoms with van der Waals surface area (Å²) in [7, 11) is 0. The minimum Gasteiger partial charge on any atom is -0.323 e. The van der Waals surface area contributed by atoms with Crippen LogP contribution in [0.2, 0.25) is 0 Å². The van der Waals surface area contributed by atoms with Crippen LogP contribution in [0.1, 0.15) is 148 Å². The number of hydrogen-bond acceptors (Lipinski definition) is 4. The summed E-state index contributed by atoms with van der Waals surface area (Å²) in [4.78, 5) is 18.5. The fraction of sp³-hybridized carbons (Fsp3) is 0.224. The first-order chi connectivity index (χ1) is 47.4. The van der Waals surface area contributed by atoms with Crippen molar-refractivity contribution in [3.05, 3.63) is 309 Å². The molecule has 13 nitrogen and oxygen atoms in total. The Morgan fingerprint density at radius 3 is 1.12 bits per heavy atom. The average Bonchev–Trinajstić information content (AvgIpc) is 1.75. The predicted octanol–water partition coefficient (Wildman–Crippen LogP) is 19.6. The van der Waals surface area contributed by atoms with Gasteiger partial charge in [-0.1, -0.05) is 70.3 Å². The third-order valence-corrected chi connectivity index (χ3v) is 21.3. The molecule has 490 valence electrons. The Bertz CT molecular complexity index is 5550. The van der Waals surface area contributed by atoms with Gasteiger partial charge in [0.15, 0.2) is 0 Å². The van der Waals surface area contributed by atoms with Crippen LogP contribution < -0.4 is 0 Å².